The second-order valence-electron chi connectivity index (χ2n) is 4.10. The first kappa shape index (κ1) is 13.5. The molecule has 0 radical (unpaired) electrons. The Morgan fingerprint density at radius 2 is 1.95 bits per heavy atom. The zero-order valence-electron chi connectivity index (χ0n) is 10.1. The van der Waals surface area contributed by atoms with Gasteiger partial charge in [0, 0.05) is 12.8 Å². The summed E-state index contributed by atoms with van der Waals surface area (Å²) in [5.74, 6) is -2.90. The van der Waals surface area contributed by atoms with Crippen molar-refractivity contribution in [3.63, 3.8) is 0 Å². The van der Waals surface area contributed by atoms with Gasteiger partial charge in [0.25, 0.3) is 0 Å². The van der Waals surface area contributed by atoms with Crippen LogP contribution in [-0.4, -0.2) is 21.7 Å². The molecule has 102 valence electrons. The molecule has 0 saturated heterocycles. The van der Waals surface area contributed by atoms with Crippen molar-refractivity contribution in [1.29, 1.82) is 0 Å². The van der Waals surface area contributed by atoms with E-state index in [4.69, 9.17) is 5.73 Å². The summed E-state index contributed by atoms with van der Waals surface area (Å²) < 4.78 is 39.3. The van der Waals surface area contributed by atoms with Gasteiger partial charge >= 0.3 is 0 Å². The minimum atomic E-state index is -1.47. The van der Waals surface area contributed by atoms with Crippen molar-refractivity contribution in [3.8, 4) is 0 Å². The van der Waals surface area contributed by atoms with E-state index >= 15 is 0 Å². The fourth-order valence-electron chi connectivity index (χ4n) is 1.67. The number of aromatic amines is 1. The molecule has 4 nitrogen and oxygen atoms in total. The highest BCUT2D eigenvalue weighted by molar-refractivity contribution is 5.23. The van der Waals surface area contributed by atoms with Crippen molar-refractivity contribution in [3.05, 3.63) is 46.8 Å². The van der Waals surface area contributed by atoms with Gasteiger partial charge < -0.3 is 5.73 Å². The highest BCUT2D eigenvalue weighted by Crippen LogP contribution is 2.17. The SMILES string of the molecule is NCCCc1n[nH]c(Cc2ccc(F)c(F)c2F)n1. The van der Waals surface area contributed by atoms with Crippen molar-refractivity contribution in [2.75, 3.05) is 6.54 Å². The number of H-pyrrole nitrogens is 1. The highest BCUT2D eigenvalue weighted by Gasteiger charge is 2.14. The first-order valence-corrected chi connectivity index (χ1v) is 5.84. The molecule has 0 aliphatic rings. The minimum absolute atomic E-state index is 0.0264. The molecule has 1 aromatic heterocycles. The van der Waals surface area contributed by atoms with Gasteiger partial charge in [0.1, 0.15) is 5.82 Å². The van der Waals surface area contributed by atoms with Gasteiger partial charge in [0.05, 0.1) is 0 Å². The van der Waals surface area contributed by atoms with Crippen LogP contribution in [0.5, 0.6) is 0 Å². The predicted octanol–water partition coefficient (Wildman–Crippen LogP) is 1.70. The average Bonchev–Trinajstić information content (AvgIpc) is 2.85. The highest BCUT2D eigenvalue weighted by atomic mass is 19.2. The Morgan fingerprint density at radius 1 is 1.16 bits per heavy atom. The summed E-state index contributed by atoms with van der Waals surface area (Å²) in [6.45, 7) is 0.529. The number of aryl methyl sites for hydroxylation is 1. The summed E-state index contributed by atoms with van der Waals surface area (Å²) in [5, 5.41) is 6.58. The van der Waals surface area contributed by atoms with Crippen LogP contribution in [0.1, 0.15) is 23.6 Å². The lowest BCUT2D eigenvalue weighted by molar-refractivity contribution is 0.441. The van der Waals surface area contributed by atoms with Gasteiger partial charge in [0.2, 0.25) is 0 Å². The Balaban J connectivity index is 2.13. The van der Waals surface area contributed by atoms with Crippen LogP contribution in [-0.2, 0) is 12.8 Å². The lowest BCUT2D eigenvalue weighted by Gasteiger charge is -2.02. The topological polar surface area (TPSA) is 67.6 Å². The standard InChI is InChI=1S/C12H13F3N4/c13-8-4-3-7(11(14)12(8)15)6-10-17-9(18-19-10)2-1-5-16/h3-4H,1-2,5-6,16H2,(H,17,18,19). The molecule has 7 heteroatoms. The number of rotatable bonds is 5. The maximum atomic E-state index is 13.5. The van der Waals surface area contributed by atoms with Crippen LogP contribution in [0.3, 0.4) is 0 Å². The fraction of sp³-hybridized carbons (Fsp3) is 0.333. The van der Waals surface area contributed by atoms with Crippen LogP contribution >= 0.6 is 0 Å². The van der Waals surface area contributed by atoms with Crippen LogP contribution in [0, 0.1) is 17.5 Å². The van der Waals surface area contributed by atoms with E-state index in [2.05, 4.69) is 15.2 Å². The van der Waals surface area contributed by atoms with Crippen LogP contribution in [0.4, 0.5) is 13.2 Å². The number of nitrogens with two attached hydrogens (primary N) is 1. The zero-order valence-corrected chi connectivity index (χ0v) is 10.1. The number of aromatic nitrogens is 3. The summed E-state index contributed by atoms with van der Waals surface area (Å²) in [6, 6.07) is 2.08. The van der Waals surface area contributed by atoms with Crippen LogP contribution in [0.25, 0.3) is 0 Å². The molecule has 1 heterocycles. The number of nitrogens with zero attached hydrogens (tertiary/aromatic N) is 2. The Kier molecular flexibility index (Phi) is 4.16. The molecule has 19 heavy (non-hydrogen) atoms. The van der Waals surface area contributed by atoms with E-state index in [0.717, 1.165) is 12.5 Å². The van der Waals surface area contributed by atoms with Crippen LogP contribution < -0.4 is 5.73 Å². The van der Waals surface area contributed by atoms with Gasteiger partial charge in [-0.25, -0.2) is 18.2 Å². The maximum Gasteiger partial charge on any atom is 0.194 e. The van der Waals surface area contributed by atoms with Gasteiger partial charge in [-0.3, -0.25) is 5.10 Å². The molecular formula is C12H13F3N4. The summed E-state index contributed by atoms with van der Waals surface area (Å²) >= 11 is 0. The average molecular weight is 270 g/mol. The quantitative estimate of drug-likeness (QED) is 0.813. The molecule has 0 amide bonds. The second kappa shape index (κ2) is 5.83. The Labute approximate surface area is 107 Å². The van der Waals surface area contributed by atoms with E-state index in [1.54, 1.807) is 0 Å². The molecule has 0 saturated carbocycles. The molecular weight excluding hydrogens is 257 g/mol. The Morgan fingerprint density at radius 3 is 2.68 bits per heavy atom. The zero-order chi connectivity index (χ0) is 13.8. The third-order valence-electron chi connectivity index (χ3n) is 2.66. The van der Waals surface area contributed by atoms with E-state index in [0.29, 0.717) is 24.6 Å². The van der Waals surface area contributed by atoms with Crippen LogP contribution in [0.2, 0.25) is 0 Å². The number of halogens is 3. The third-order valence-corrected chi connectivity index (χ3v) is 2.66. The summed E-state index contributed by atoms with van der Waals surface area (Å²) in [7, 11) is 0. The third kappa shape index (κ3) is 3.11. The first-order valence-electron chi connectivity index (χ1n) is 5.84. The summed E-state index contributed by atoms with van der Waals surface area (Å²) in [6.07, 6.45) is 1.39. The minimum Gasteiger partial charge on any atom is -0.330 e. The van der Waals surface area contributed by atoms with Crippen LogP contribution in [0.15, 0.2) is 12.1 Å². The van der Waals surface area contributed by atoms with E-state index in [1.807, 2.05) is 0 Å². The van der Waals surface area contributed by atoms with Crippen molar-refractivity contribution < 1.29 is 13.2 Å². The molecule has 0 fully saturated rings. The van der Waals surface area contributed by atoms with Gasteiger partial charge in [0.15, 0.2) is 23.3 Å². The first-order chi connectivity index (χ1) is 9.11. The van der Waals surface area contributed by atoms with Crippen molar-refractivity contribution in [1.82, 2.24) is 15.2 Å². The molecule has 0 spiro atoms. The maximum absolute atomic E-state index is 13.5. The number of benzene rings is 1. The predicted molar refractivity (Wildman–Crippen MR) is 62.9 cm³/mol. The van der Waals surface area contributed by atoms with Gasteiger partial charge in [-0.15, -0.1) is 0 Å². The van der Waals surface area contributed by atoms with Crippen molar-refractivity contribution in [2.45, 2.75) is 19.3 Å². The smallest absolute Gasteiger partial charge is 0.194 e. The van der Waals surface area contributed by atoms with Crippen molar-refractivity contribution >= 4 is 0 Å². The lowest BCUT2D eigenvalue weighted by Crippen LogP contribution is -2.02. The second-order valence-corrected chi connectivity index (χ2v) is 4.10. The van der Waals surface area contributed by atoms with Crippen molar-refractivity contribution in [2.24, 2.45) is 5.73 Å². The molecule has 0 aliphatic carbocycles. The van der Waals surface area contributed by atoms with Gasteiger partial charge in [-0.05, 0) is 24.6 Å². The number of hydrogen-bond donors (Lipinski definition) is 2. The summed E-state index contributed by atoms with van der Waals surface area (Å²) in [4.78, 5) is 4.13. The monoisotopic (exact) mass is 270 g/mol. The molecule has 0 aliphatic heterocycles. The van der Waals surface area contributed by atoms with E-state index in [1.165, 1.54) is 6.07 Å². The molecule has 0 unspecified atom stereocenters. The summed E-state index contributed by atoms with van der Waals surface area (Å²) in [5.41, 5.74) is 5.39. The fourth-order valence-corrected chi connectivity index (χ4v) is 1.67. The lowest BCUT2D eigenvalue weighted by atomic mass is 10.1. The normalized spacial score (nSPS) is 10.9. The molecule has 2 aromatic rings. The molecule has 1 aromatic carbocycles. The molecule has 0 bridgehead atoms. The number of nitrogens with one attached hydrogen (secondary N) is 1. The largest absolute Gasteiger partial charge is 0.330 e. The molecule has 2 rings (SSSR count). The molecule has 3 N–H and O–H groups in total. The van der Waals surface area contributed by atoms with E-state index in [9.17, 15) is 13.2 Å². The van der Waals surface area contributed by atoms with E-state index < -0.39 is 17.5 Å². The molecule has 0 atom stereocenters. The van der Waals surface area contributed by atoms with Gasteiger partial charge in [-0.2, -0.15) is 5.10 Å². The Bertz CT molecular complexity index is 568. The number of hydrogen-bond acceptors (Lipinski definition) is 3. The Hall–Kier alpha value is -1.89. The van der Waals surface area contributed by atoms with Gasteiger partial charge in [-0.1, -0.05) is 6.07 Å². The van der Waals surface area contributed by atoms with E-state index in [-0.39, 0.29) is 12.0 Å².